The highest BCUT2D eigenvalue weighted by Crippen LogP contribution is 2.27. The number of benzene rings is 1. The van der Waals surface area contributed by atoms with Gasteiger partial charge >= 0.3 is 12.3 Å². The molecule has 3 rings (SSSR count). The molecule has 0 radical (unpaired) electrons. The fourth-order valence-corrected chi connectivity index (χ4v) is 3.24. The van der Waals surface area contributed by atoms with Crippen LogP contribution in [0.3, 0.4) is 0 Å². The minimum Gasteiger partial charge on any atom is -0.484 e. The van der Waals surface area contributed by atoms with Gasteiger partial charge in [-0.1, -0.05) is 16.7 Å². The lowest BCUT2D eigenvalue weighted by molar-refractivity contribution is -0.150. The molecule has 1 saturated heterocycles. The Morgan fingerprint density at radius 2 is 2.16 bits per heavy atom. The number of carbonyl (C=O) groups excluding carboxylic acids is 1. The molecular formula is C19H21ClF4N4O4. The second-order valence-electron chi connectivity index (χ2n) is 7.32. The molecule has 13 heteroatoms. The van der Waals surface area contributed by atoms with Gasteiger partial charge < -0.3 is 24.5 Å². The highest BCUT2D eigenvalue weighted by Gasteiger charge is 2.32. The lowest BCUT2D eigenvalue weighted by atomic mass is 10.0. The summed E-state index contributed by atoms with van der Waals surface area (Å²) in [6.07, 6.45) is -5.86. The lowest BCUT2D eigenvalue weighted by Crippen LogP contribution is -2.48. The van der Waals surface area contributed by atoms with Crippen LogP contribution in [0.15, 0.2) is 22.6 Å². The first-order chi connectivity index (χ1) is 15.1. The van der Waals surface area contributed by atoms with Gasteiger partial charge in [0.25, 0.3) is 5.91 Å². The largest absolute Gasteiger partial charge is 0.484 e. The highest BCUT2D eigenvalue weighted by atomic mass is 35.5. The first-order valence-electron chi connectivity index (χ1n) is 9.76. The maximum Gasteiger partial charge on any atom is 0.414 e. The van der Waals surface area contributed by atoms with Crippen LogP contribution in [0.5, 0.6) is 11.8 Å². The smallest absolute Gasteiger partial charge is 0.414 e. The normalized spacial score (nSPS) is 19.9. The predicted octanol–water partition coefficient (Wildman–Crippen LogP) is 3.57. The summed E-state index contributed by atoms with van der Waals surface area (Å²) in [5.41, 5.74) is 0. The maximum atomic E-state index is 13.4. The average Bonchev–Trinajstić information content (AvgIpc) is 3.16. The van der Waals surface area contributed by atoms with E-state index in [4.69, 9.17) is 25.5 Å². The summed E-state index contributed by atoms with van der Waals surface area (Å²) in [4.78, 5) is 12.1. The van der Waals surface area contributed by atoms with E-state index in [1.807, 2.05) is 0 Å². The molecule has 1 aliphatic heterocycles. The van der Waals surface area contributed by atoms with Crippen molar-refractivity contribution in [2.24, 2.45) is 0 Å². The molecule has 1 unspecified atom stereocenters. The number of hydrogen-bond acceptors (Lipinski definition) is 7. The van der Waals surface area contributed by atoms with E-state index < -0.39 is 24.5 Å². The van der Waals surface area contributed by atoms with E-state index in [1.54, 1.807) is 0 Å². The van der Waals surface area contributed by atoms with Gasteiger partial charge in [0.05, 0.1) is 17.5 Å². The van der Waals surface area contributed by atoms with Crippen molar-refractivity contribution < 1.29 is 36.2 Å². The third-order valence-corrected chi connectivity index (χ3v) is 4.89. The second-order valence-corrected chi connectivity index (χ2v) is 7.73. The van der Waals surface area contributed by atoms with Crippen molar-refractivity contribution >= 4 is 17.5 Å². The molecule has 2 aromatic rings. The molecule has 0 spiro atoms. The molecule has 8 nitrogen and oxygen atoms in total. The van der Waals surface area contributed by atoms with E-state index >= 15 is 0 Å². The van der Waals surface area contributed by atoms with Crippen molar-refractivity contribution in [3.05, 3.63) is 34.9 Å². The Balaban J connectivity index is 1.40. The Morgan fingerprint density at radius 3 is 2.81 bits per heavy atom. The summed E-state index contributed by atoms with van der Waals surface area (Å²) < 4.78 is 66.1. The molecule has 2 heterocycles. The molecule has 1 aliphatic rings. The Morgan fingerprint density at radius 1 is 1.38 bits per heavy atom. The third-order valence-electron chi connectivity index (χ3n) is 4.58. The van der Waals surface area contributed by atoms with Crippen molar-refractivity contribution in [2.75, 3.05) is 13.2 Å². The zero-order valence-corrected chi connectivity index (χ0v) is 17.7. The van der Waals surface area contributed by atoms with Gasteiger partial charge in [-0.25, -0.2) is 4.39 Å². The second kappa shape index (κ2) is 10.3. The van der Waals surface area contributed by atoms with E-state index in [-0.39, 0.29) is 47.3 Å². The molecule has 1 aromatic heterocycles. The number of nitrogens with zero attached hydrogens (tertiary/aromatic N) is 2. The molecule has 0 saturated carbocycles. The van der Waals surface area contributed by atoms with Crippen molar-refractivity contribution in [3.63, 3.8) is 0 Å². The van der Waals surface area contributed by atoms with Gasteiger partial charge in [-0.3, -0.25) is 4.79 Å². The van der Waals surface area contributed by atoms with Crippen LogP contribution < -0.4 is 20.1 Å². The van der Waals surface area contributed by atoms with Crippen LogP contribution in [0.2, 0.25) is 5.02 Å². The number of hydrogen-bond donors (Lipinski definition) is 2. The van der Waals surface area contributed by atoms with Crippen molar-refractivity contribution in [1.29, 1.82) is 0 Å². The predicted molar refractivity (Wildman–Crippen MR) is 104 cm³/mol. The molecule has 32 heavy (non-hydrogen) atoms. The van der Waals surface area contributed by atoms with Crippen molar-refractivity contribution in [2.45, 2.75) is 50.6 Å². The molecular weight excluding hydrogens is 460 g/mol. The van der Waals surface area contributed by atoms with E-state index in [9.17, 15) is 22.4 Å². The molecule has 1 amide bonds. The minimum atomic E-state index is -4.36. The Kier molecular flexibility index (Phi) is 7.77. The van der Waals surface area contributed by atoms with Gasteiger partial charge in [-0.2, -0.15) is 13.2 Å². The molecule has 2 N–H and O–H groups in total. The topological polar surface area (TPSA) is 98.5 Å². The first-order valence-corrected chi connectivity index (χ1v) is 10.1. The first kappa shape index (κ1) is 24.1. The molecule has 1 aromatic carbocycles. The zero-order valence-electron chi connectivity index (χ0n) is 16.9. The van der Waals surface area contributed by atoms with Gasteiger partial charge in [0, 0.05) is 18.7 Å². The van der Waals surface area contributed by atoms with Crippen molar-refractivity contribution in [1.82, 2.24) is 20.8 Å². The number of carbonyl (C=O) groups is 1. The summed E-state index contributed by atoms with van der Waals surface area (Å²) in [5, 5.41) is 13.3. The molecule has 1 fully saturated rings. The number of rotatable bonds is 8. The standard InChI is InChI=1S/C19H21ClF4N4O4/c1-10(7-19(22,23)24)31-18-28-27-17(32-18)15-5-2-11(8-25-15)26-16(29)9-30-12-3-4-13(20)14(21)6-12/h3-4,6,10-11,15,25H,2,5,7-9H2,1H3,(H,26,29)/t10?,11-,15+/m0/s1. The zero-order chi connectivity index (χ0) is 23.3. The Hall–Kier alpha value is -2.60. The summed E-state index contributed by atoms with van der Waals surface area (Å²) >= 11 is 5.59. The monoisotopic (exact) mass is 480 g/mol. The fourth-order valence-electron chi connectivity index (χ4n) is 3.12. The minimum absolute atomic E-state index is 0.0413. The van der Waals surface area contributed by atoms with Crippen LogP contribution in [0.1, 0.15) is 38.1 Å². The van der Waals surface area contributed by atoms with Crippen LogP contribution in [0.25, 0.3) is 0 Å². The van der Waals surface area contributed by atoms with Gasteiger partial charge in [-0.15, -0.1) is 5.10 Å². The molecule has 0 bridgehead atoms. The van der Waals surface area contributed by atoms with E-state index in [0.717, 1.165) is 6.07 Å². The number of alkyl halides is 3. The number of aromatic nitrogens is 2. The highest BCUT2D eigenvalue weighted by molar-refractivity contribution is 6.30. The molecule has 3 atom stereocenters. The Bertz CT molecular complexity index is 919. The van der Waals surface area contributed by atoms with Gasteiger partial charge in [0.2, 0.25) is 5.89 Å². The number of halogens is 5. The molecule has 176 valence electrons. The van der Waals surface area contributed by atoms with E-state index in [2.05, 4.69) is 20.8 Å². The number of nitrogens with one attached hydrogen (secondary N) is 2. The number of ether oxygens (including phenoxy) is 2. The summed E-state index contributed by atoms with van der Waals surface area (Å²) in [7, 11) is 0. The van der Waals surface area contributed by atoms with Crippen LogP contribution in [0.4, 0.5) is 17.6 Å². The van der Waals surface area contributed by atoms with Crippen LogP contribution >= 0.6 is 11.6 Å². The maximum absolute atomic E-state index is 13.4. The van der Waals surface area contributed by atoms with Gasteiger partial charge in [0.1, 0.15) is 17.7 Å². The third kappa shape index (κ3) is 7.23. The van der Waals surface area contributed by atoms with Crippen LogP contribution in [0, 0.1) is 5.82 Å². The van der Waals surface area contributed by atoms with Crippen molar-refractivity contribution in [3.8, 4) is 11.8 Å². The lowest BCUT2D eigenvalue weighted by Gasteiger charge is -2.28. The number of amides is 1. The summed E-state index contributed by atoms with van der Waals surface area (Å²) in [6, 6.07) is 3.38. The fraction of sp³-hybridized carbons (Fsp3) is 0.526. The summed E-state index contributed by atoms with van der Waals surface area (Å²) in [5.74, 6) is -0.644. The van der Waals surface area contributed by atoms with E-state index in [0.29, 0.717) is 19.4 Å². The molecule has 0 aliphatic carbocycles. The Labute approximate surface area is 185 Å². The quantitative estimate of drug-likeness (QED) is 0.557. The average molecular weight is 481 g/mol. The SMILES string of the molecule is CC(CC(F)(F)F)Oc1nnc([C@H]2CC[C@H](NC(=O)COc3ccc(Cl)c(F)c3)CN2)o1. The van der Waals surface area contributed by atoms with Gasteiger partial charge in [0.15, 0.2) is 6.61 Å². The summed E-state index contributed by atoms with van der Waals surface area (Å²) in [6.45, 7) is 1.37. The van der Waals surface area contributed by atoms with Crippen LogP contribution in [-0.4, -0.2) is 47.6 Å². The number of piperidine rings is 1. The van der Waals surface area contributed by atoms with Gasteiger partial charge in [-0.05, 0) is 31.9 Å². The van der Waals surface area contributed by atoms with E-state index in [1.165, 1.54) is 19.1 Å². The van der Waals surface area contributed by atoms with Crippen LogP contribution in [-0.2, 0) is 4.79 Å².